The van der Waals surface area contributed by atoms with Gasteiger partial charge in [0.2, 0.25) is 0 Å². The van der Waals surface area contributed by atoms with Crippen molar-refractivity contribution in [2.45, 2.75) is 97.2 Å². The fourth-order valence-electron chi connectivity index (χ4n) is 10.2. The van der Waals surface area contributed by atoms with Gasteiger partial charge < -0.3 is 14.5 Å². The zero-order valence-electron chi connectivity index (χ0n) is 24.8. The van der Waals surface area contributed by atoms with Crippen LogP contribution in [0.25, 0.3) is 0 Å². The van der Waals surface area contributed by atoms with Gasteiger partial charge in [-0.3, -0.25) is 9.59 Å². The molecule has 10 atom stereocenters. The highest BCUT2D eigenvalue weighted by molar-refractivity contribution is 5.94. The summed E-state index contributed by atoms with van der Waals surface area (Å²) in [5, 5.41) is 0. The molecule has 5 rings (SSSR count). The Labute approximate surface area is 230 Å². The number of nitrogens with zero attached hydrogens (tertiary/aromatic N) is 2. The molecule has 0 aromatic heterocycles. The van der Waals surface area contributed by atoms with Crippen LogP contribution in [0, 0.1) is 40.4 Å². The first-order chi connectivity index (χ1) is 18.0. The van der Waals surface area contributed by atoms with E-state index in [4.69, 9.17) is 4.74 Å². The second-order valence-electron chi connectivity index (χ2n) is 14.0. The molecular weight excluding hydrogens is 472 g/mol. The molecule has 5 heteroatoms. The SMILES string of the molecule is CC(=O)O[C@H]1C(N(C)C(=O)c2ccccc2)CC[C@]2(C)C3CC[C@@]4(C)C(CC[C@@H]4C(C)N(C)C)C3CC[C@@H]12. The number of carbonyl (C=O) groups is 2. The van der Waals surface area contributed by atoms with Gasteiger partial charge in [-0.1, -0.05) is 32.0 Å². The Hall–Kier alpha value is -1.88. The van der Waals surface area contributed by atoms with Gasteiger partial charge in [-0.05, 0) is 119 Å². The van der Waals surface area contributed by atoms with Crippen LogP contribution in [-0.2, 0) is 9.53 Å². The van der Waals surface area contributed by atoms with Gasteiger partial charge in [0, 0.05) is 31.5 Å². The van der Waals surface area contributed by atoms with Gasteiger partial charge in [0.05, 0.1) is 6.04 Å². The Balaban J connectivity index is 1.40. The molecule has 38 heavy (non-hydrogen) atoms. The quantitative estimate of drug-likeness (QED) is 0.427. The van der Waals surface area contributed by atoms with Crippen molar-refractivity contribution in [1.29, 1.82) is 0 Å². The van der Waals surface area contributed by atoms with Crippen LogP contribution in [0.1, 0.15) is 89.4 Å². The average molecular weight is 523 g/mol. The number of carbonyl (C=O) groups excluding carboxylic acids is 2. The Morgan fingerprint density at radius 3 is 2.16 bits per heavy atom. The lowest BCUT2D eigenvalue weighted by Gasteiger charge is -2.63. The Bertz CT molecular complexity index is 1030. The lowest BCUT2D eigenvalue weighted by molar-refractivity contribution is -0.185. The molecule has 0 N–H and O–H groups in total. The third kappa shape index (κ3) is 4.41. The first-order valence-corrected chi connectivity index (χ1v) is 15.1. The first kappa shape index (κ1) is 27.7. The van der Waals surface area contributed by atoms with E-state index in [2.05, 4.69) is 39.8 Å². The highest BCUT2D eigenvalue weighted by Crippen LogP contribution is 2.68. The Kier molecular flexibility index (Phi) is 7.47. The summed E-state index contributed by atoms with van der Waals surface area (Å²) in [6.07, 6.45) is 9.42. The van der Waals surface area contributed by atoms with Crippen LogP contribution in [-0.4, -0.2) is 61.0 Å². The maximum absolute atomic E-state index is 13.4. The van der Waals surface area contributed by atoms with Crippen molar-refractivity contribution in [2.24, 2.45) is 40.4 Å². The predicted octanol–water partition coefficient (Wildman–Crippen LogP) is 6.28. The van der Waals surface area contributed by atoms with Crippen molar-refractivity contribution >= 4 is 11.9 Å². The highest BCUT2D eigenvalue weighted by atomic mass is 16.5. The summed E-state index contributed by atoms with van der Waals surface area (Å²) >= 11 is 0. The van der Waals surface area contributed by atoms with Crippen LogP contribution in [0.4, 0.5) is 0 Å². The first-order valence-electron chi connectivity index (χ1n) is 15.1. The third-order valence-electron chi connectivity index (χ3n) is 12.3. The molecular formula is C33H50N2O3. The van der Waals surface area contributed by atoms with Crippen molar-refractivity contribution in [3.8, 4) is 0 Å². The molecule has 0 saturated heterocycles. The minimum Gasteiger partial charge on any atom is -0.460 e. The zero-order chi connectivity index (χ0) is 27.4. The molecule has 4 fully saturated rings. The normalized spacial score (nSPS) is 41.0. The van der Waals surface area contributed by atoms with Crippen LogP contribution in [0.3, 0.4) is 0 Å². The summed E-state index contributed by atoms with van der Waals surface area (Å²) in [5.74, 6) is 3.13. The van der Waals surface area contributed by atoms with Crippen LogP contribution in [0.2, 0.25) is 0 Å². The van der Waals surface area contributed by atoms with Crippen molar-refractivity contribution in [1.82, 2.24) is 9.80 Å². The summed E-state index contributed by atoms with van der Waals surface area (Å²) < 4.78 is 6.17. The monoisotopic (exact) mass is 522 g/mol. The molecule has 4 aliphatic rings. The zero-order valence-corrected chi connectivity index (χ0v) is 24.8. The lowest BCUT2D eigenvalue weighted by atomic mass is 9.44. The Morgan fingerprint density at radius 1 is 0.868 bits per heavy atom. The standard InChI is InChI=1S/C33H50N2O3/c1-21(34(5)6)25-15-16-26-24-13-14-28-30(38-22(2)36)29(35(7)31(37)23-11-9-8-10-12-23)18-20-33(28,4)27(24)17-19-32(25,26)3/h8-12,21,24-30H,13-20H2,1-7H3/t21?,24?,25-,26?,27?,28+,29?,30-,32-,33-/m1/s1. The molecule has 0 bridgehead atoms. The molecule has 0 aliphatic heterocycles. The summed E-state index contributed by atoms with van der Waals surface area (Å²) in [6.45, 7) is 9.09. The van der Waals surface area contributed by atoms with Gasteiger partial charge in [-0.2, -0.15) is 0 Å². The van der Waals surface area contributed by atoms with E-state index in [9.17, 15) is 9.59 Å². The number of hydrogen-bond acceptors (Lipinski definition) is 4. The minimum absolute atomic E-state index is 0.0190. The second kappa shape index (κ2) is 10.3. The number of ether oxygens (including phenoxy) is 1. The van der Waals surface area contributed by atoms with Gasteiger partial charge in [0.15, 0.2) is 0 Å². The molecule has 5 unspecified atom stereocenters. The molecule has 1 amide bonds. The third-order valence-corrected chi connectivity index (χ3v) is 12.3. The van der Waals surface area contributed by atoms with Gasteiger partial charge in [0.25, 0.3) is 5.91 Å². The van der Waals surface area contributed by atoms with Gasteiger partial charge in [0.1, 0.15) is 6.10 Å². The number of benzene rings is 1. The van der Waals surface area contributed by atoms with Crippen molar-refractivity contribution < 1.29 is 14.3 Å². The molecule has 0 spiro atoms. The van der Waals surface area contributed by atoms with E-state index in [0.717, 1.165) is 37.0 Å². The van der Waals surface area contributed by atoms with Crippen molar-refractivity contribution in [2.75, 3.05) is 21.1 Å². The summed E-state index contributed by atoms with van der Waals surface area (Å²) in [6, 6.07) is 10.1. The van der Waals surface area contributed by atoms with Crippen molar-refractivity contribution in [3.63, 3.8) is 0 Å². The fraction of sp³-hybridized carbons (Fsp3) is 0.758. The van der Waals surface area contributed by atoms with E-state index in [1.807, 2.05) is 42.3 Å². The number of rotatable bonds is 5. The van der Waals surface area contributed by atoms with Crippen LogP contribution in [0.15, 0.2) is 30.3 Å². The number of likely N-dealkylation sites (N-methyl/N-ethyl adjacent to an activating group) is 1. The van der Waals surface area contributed by atoms with Crippen LogP contribution < -0.4 is 0 Å². The van der Waals surface area contributed by atoms with E-state index >= 15 is 0 Å². The number of amides is 1. The fourth-order valence-corrected chi connectivity index (χ4v) is 10.2. The number of fused-ring (bicyclic) bond motifs is 5. The summed E-state index contributed by atoms with van der Waals surface area (Å²) in [5.41, 5.74) is 1.29. The van der Waals surface area contributed by atoms with E-state index in [-0.39, 0.29) is 29.4 Å². The molecule has 1 aromatic rings. The van der Waals surface area contributed by atoms with E-state index in [1.54, 1.807) is 0 Å². The van der Waals surface area contributed by atoms with E-state index in [1.165, 1.54) is 39.0 Å². The van der Waals surface area contributed by atoms with E-state index in [0.29, 0.717) is 28.9 Å². The molecule has 4 aliphatic carbocycles. The molecule has 5 nitrogen and oxygen atoms in total. The predicted molar refractivity (Wildman–Crippen MR) is 152 cm³/mol. The summed E-state index contributed by atoms with van der Waals surface area (Å²) in [7, 11) is 6.39. The maximum atomic E-state index is 13.4. The molecule has 1 aromatic carbocycles. The second-order valence-corrected chi connectivity index (χ2v) is 14.0. The summed E-state index contributed by atoms with van der Waals surface area (Å²) in [4.78, 5) is 30.1. The average Bonchev–Trinajstić information content (AvgIpc) is 3.24. The largest absolute Gasteiger partial charge is 0.460 e. The topological polar surface area (TPSA) is 49.9 Å². The van der Waals surface area contributed by atoms with Crippen molar-refractivity contribution in [3.05, 3.63) is 35.9 Å². The van der Waals surface area contributed by atoms with Gasteiger partial charge in [-0.15, -0.1) is 0 Å². The van der Waals surface area contributed by atoms with Crippen LogP contribution >= 0.6 is 0 Å². The van der Waals surface area contributed by atoms with E-state index < -0.39 is 0 Å². The van der Waals surface area contributed by atoms with Crippen LogP contribution in [0.5, 0.6) is 0 Å². The minimum atomic E-state index is -0.233. The molecule has 4 saturated carbocycles. The lowest BCUT2D eigenvalue weighted by Crippen LogP contribution is -2.62. The maximum Gasteiger partial charge on any atom is 0.302 e. The molecule has 0 heterocycles. The highest BCUT2D eigenvalue weighted by Gasteiger charge is 2.63. The number of esters is 1. The van der Waals surface area contributed by atoms with Gasteiger partial charge >= 0.3 is 5.97 Å². The van der Waals surface area contributed by atoms with Gasteiger partial charge in [-0.25, -0.2) is 0 Å². The molecule has 0 radical (unpaired) electrons. The number of hydrogen-bond donors (Lipinski definition) is 0. The smallest absolute Gasteiger partial charge is 0.302 e. The Morgan fingerprint density at radius 2 is 1.50 bits per heavy atom. The molecule has 210 valence electrons.